The van der Waals surface area contributed by atoms with Crippen molar-refractivity contribution in [2.75, 3.05) is 0 Å². The van der Waals surface area contributed by atoms with Gasteiger partial charge in [0.25, 0.3) is 0 Å². The van der Waals surface area contributed by atoms with Gasteiger partial charge in [-0.2, -0.15) is 0 Å². The van der Waals surface area contributed by atoms with Gasteiger partial charge in [-0.1, -0.05) is 5.84 Å². The predicted octanol–water partition coefficient (Wildman–Crippen LogP) is -0.694. The van der Waals surface area contributed by atoms with Crippen LogP contribution in [0, 0.1) is 0 Å². The lowest BCUT2D eigenvalue weighted by molar-refractivity contribution is -0.308. The zero-order valence-electron chi connectivity index (χ0n) is 2.79. The van der Waals surface area contributed by atoms with Crippen LogP contribution in [0.15, 0.2) is 5.16 Å². The molecular formula is CH2N3O2. The fourth-order valence-corrected chi connectivity index (χ4v) is 0.143. The summed E-state index contributed by atoms with van der Waals surface area (Å²) in [5.41, 5.74) is 0. The van der Waals surface area contributed by atoms with Crippen molar-refractivity contribution in [3.63, 3.8) is 0 Å². The Morgan fingerprint density at radius 3 is 2.83 bits per heavy atom. The van der Waals surface area contributed by atoms with Gasteiger partial charge in [0, 0.05) is 0 Å². The summed E-state index contributed by atoms with van der Waals surface area (Å²) in [6.45, 7) is 0. The van der Waals surface area contributed by atoms with Crippen LogP contribution >= 0.6 is 0 Å². The van der Waals surface area contributed by atoms with Crippen LogP contribution in [0.3, 0.4) is 0 Å². The van der Waals surface area contributed by atoms with E-state index in [-0.39, 0.29) is 0 Å². The van der Waals surface area contributed by atoms with E-state index in [0.29, 0.717) is 5.34 Å². The zero-order chi connectivity index (χ0) is 4.41. The first-order valence-electron chi connectivity index (χ1n) is 1.27. The highest BCUT2D eigenvalue weighted by Crippen LogP contribution is 1.89. The molecule has 0 aromatic rings. The summed E-state index contributed by atoms with van der Waals surface area (Å²) >= 11 is 0. The molecule has 0 unspecified atom stereocenters. The summed E-state index contributed by atoms with van der Waals surface area (Å²) in [5.74, 6) is 6.40. The van der Waals surface area contributed by atoms with Crippen molar-refractivity contribution in [2.24, 2.45) is 5.16 Å². The molecule has 1 heterocycles. The molecule has 1 N–H and O–H groups in total. The molecule has 6 heavy (non-hydrogen) atoms. The fraction of sp³-hybridized carbons (Fsp3) is 0. The van der Waals surface area contributed by atoms with Gasteiger partial charge in [-0.05, 0) is 5.16 Å². The van der Waals surface area contributed by atoms with Crippen molar-refractivity contribution in [3.8, 4) is 0 Å². The molecule has 1 radical (unpaired) electrons. The van der Waals surface area contributed by atoms with Crippen molar-refractivity contribution < 1.29 is 9.78 Å². The Bertz CT molecular complexity index is 63.2. The topological polar surface area (TPSA) is 57.9 Å². The number of hydrogen-bond acceptors (Lipinski definition) is 4. The quantitative estimate of drug-likeness (QED) is 0.393. The highest BCUT2D eigenvalue weighted by molar-refractivity contribution is 5.45. The van der Waals surface area contributed by atoms with E-state index in [1.165, 1.54) is 0 Å². The standard InChI is InChI=1S/CH2N3O2/c2-4-5-1-3-6-4/h1-2H. The molecule has 1 aliphatic heterocycles. The lowest BCUT2D eigenvalue weighted by atomic mass is 11.5. The molecule has 0 saturated heterocycles. The Kier molecular flexibility index (Phi) is 0.627. The average Bonchev–Trinajstić information content (AvgIpc) is 1.86. The smallest absolute Gasteiger partial charge is 0.246 e. The van der Waals surface area contributed by atoms with Crippen molar-refractivity contribution in [1.29, 1.82) is 0 Å². The molecule has 0 fully saturated rings. The third kappa shape index (κ3) is 0.399. The molecule has 0 spiro atoms. The lowest BCUT2D eigenvalue weighted by Gasteiger charge is -1.94. The van der Waals surface area contributed by atoms with Gasteiger partial charge in [-0.15, -0.1) is 0 Å². The number of oxime groups is 1. The maximum atomic E-state index is 6.40. The van der Waals surface area contributed by atoms with E-state index in [9.17, 15) is 0 Å². The van der Waals surface area contributed by atoms with Gasteiger partial charge in [-0.25, -0.2) is 4.94 Å². The third-order valence-electron chi connectivity index (χ3n) is 0.307. The Morgan fingerprint density at radius 1 is 1.83 bits per heavy atom. The second kappa shape index (κ2) is 1.11. The monoisotopic (exact) mass is 88.0 g/mol. The van der Waals surface area contributed by atoms with E-state index in [4.69, 9.17) is 5.84 Å². The largest absolute Gasteiger partial charge is 0.339 e. The summed E-state index contributed by atoms with van der Waals surface area (Å²) in [7, 11) is 0. The molecule has 5 heteroatoms. The van der Waals surface area contributed by atoms with Crippen molar-refractivity contribution >= 4 is 6.40 Å². The minimum atomic E-state index is 0.389. The van der Waals surface area contributed by atoms with Crippen molar-refractivity contribution in [2.45, 2.75) is 0 Å². The minimum Gasteiger partial charge on any atom is -0.339 e. The third-order valence-corrected chi connectivity index (χ3v) is 0.307. The average molecular weight is 88.0 g/mol. The fourth-order valence-electron chi connectivity index (χ4n) is 0.143. The first-order valence-corrected chi connectivity index (χ1v) is 1.27. The first-order chi connectivity index (χ1) is 2.89. The second-order valence-corrected chi connectivity index (χ2v) is 0.655. The maximum absolute atomic E-state index is 6.40. The molecule has 33 valence electrons. The molecule has 0 aromatic heterocycles. The van der Waals surface area contributed by atoms with Gasteiger partial charge >= 0.3 is 0 Å². The van der Waals surface area contributed by atoms with Gasteiger partial charge in [0.2, 0.25) is 6.40 Å². The highest BCUT2D eigenvalue weighted by Gasteiger charge is 2.01. The summed E-state index contributed by atoms with van der Waals surface area (Å²) in [4.78, 5) is 8.14. The van der Waals surface area contributed by atoms with Crippen LogP contribution in [0.25, 0.3) is 0 Å². The van der Waals surface area contributed by atoms with E-state index in [0.717, 1.165) is 6.40 Å². The first kappa shape index (κ1) is 3.38. The number of nitrogens with zero attached hydrogens (tertiary/aromatic N) is 2. The molecular weight excluding hydrogens is 86.0 g/mol. The Balaban J connectivity index is 2.32. The molecule has 0 saturated carbocycles. The Hall–Kier alpha value is -0.810. The molecule has 1 rings (SSSR count). The number of nitrogens with one attached hydrogen (secondary N) is 1. The van der Waals surface area contributed by atoms with Crippen molar-refractivity contribution in [3.05, 3.63) is 0 Å². The molecule has 0 atom stereocenters. The van der Waals surface area contributed by atoms with Crippen molar-refractivity contribution in [1.82, 2.24) is 11.2 Å². The molecule has 0 amide bonds. The lowest BCUT2D eigenvalue weighted by Crippen LogP contribution is -2.12. The number of rotatable bonds is 0. The SMILES string of the molecule is [NH]N1OC=NO1. The molecule has 5 nitrogen and oxygen atoms in total. The van der Waals surface area contributed by atoms with Gasteiger partial charge in [0.1, 0.15) is 0 Å². The summed E-state index contributed by atoms with van der Waals surface area (Å²) < 4.78 is 0. The van der Waals surface area contributed by atoms with Crippen LogP contribution in [0.5, 0.6) is 0 Å². The van der Waals surface area contributed by atoms with E-state index in [1.807, 2.05) is 0 Å². The summed E-state index contributed by atoms with van der Waals surface area (Å²) in [6, 6.07) is 0. The van der Waals surface area contributed by atoms with E-state index in [2.05, 4.69) is 14.9 Å². The van der Waals surface area contributed by atoms with Crippen LogP contribution < -0.4 is 5.84 Å². The van der Waals surface area contributed by atoms with Gasteiger partial charge in [0.05, 0.1) is 0 Å². The Morgan fingerprint density at radius 2 is 2.67 bits per heavy atom. The number of hydrogen-bond donors (Lipinski definition) is 0. The summed E-state index contributed by atoms with van der Waals surface area (Å²) in [5, 5.41) is 3.44. The molecule has 0 aliphatic carbocycles. The normalized spacial score (nSPS) is 20.2. The maximum Gasteiger partial charge on any atom is 0.246 e. The molecule has 1 aliphatic rings. The van der Waals surface area contributed by atoms with Crippen LogP contribution in [0.2, 0.25) is 0 Å². The Labute approximate surface area is 33.8 Å². The molecule has 0 aromatic carbocycles. The predicted molar refractivity (Wildman–Crippen MR) is 15.6 cm³/mol. The van der Waals surface area contributed by atoms with Gasteiger partial charge < -0.3 is 4.84 Å². The van der Waals surface area contributed by atoms with E-state index in [1.54, 1.807) is 0 Å². The van der Waals surface area contributed by atoms with Crippen LogP contribution in [-0.4, -0.2) is 11.7 Å². The van der Waals surface area contributed by atoms with Crippen LogP contribution in [-0.2, 0) is 9.78 Å². The van der Waals surface area contributed by atoms with Crippen LogP contribution in [0.1, 0.15) is 0 Å². The second-order valence-electron chi connectivity index (χ2n) is 0.655. The van der Waals surface area contributed by atoms with E-state index < -0.39 is 0 Å². The van der Waals surface area contributed by atoms with Crippen LogP contribution in [0.4, 0.5) is 0 Å². The summed E-state index contributed by atoms with van der Waals surface area (Å²) in [6.07, 6.45) is 1.02. The van der Waals surface area contributed by atoms with Gasteiger partial charge in [0.15, 0.2) is 5.34 Å². The minimum absolute atomic E-state index is 0.389. The zero-order valence-corrected chi connectivity index (χ0v) is 2.79. The molecule has 0 bridgehead atoms. The highest BCUT2D eigenvalue weighted by atomic mass is 17.1. The van der Waals surface area contributed by atoms with Gasteiger partial charge in [-0.3, -0.25) is 0 Å². The van der Waals surface area contributed by atoms with E-state index >= 15 is 0 Å².